The Labute approximate surface area is 201 Å². The molecule has 2 aliphatic rings. The number of rotatable bonds is 4. The zero-order valence-corrected chi connectivity index (χ0v) is 20.7. The first-order valence-corrected chi connectivity index (χ1v) is 12.1. The quantitative estimate of drug-likeness (QED) is 0.500. The molecule has 2 aromatic rings. The molecular formula is C23H26BrCl2N4O+. The van der Waals surface area contributed by atoms with E-state index in [1.54, 1.807) is 12.1 Å². The van der Waals surface area contributed by atoms with Crippen LogP contribution in [0, 0.1) is 5.92 Å². The Kier molecular flexibility index (Phi) is 6.63. The van der Waals surface area contributed by atoms with Crippen molar-refractivity contribution >= 4 is 56.4 Å². The SMILES string of the molecule is C[C@H]1C(C(=O)N[N+]2(C)CCCCC2)=NN(c2ccc(Cl)cc2Cl)[C@H]1c1ccc(Br)cc1. The first kappa shape index (κ1) is 22.6. The maximum absolute atomic E-state index is 13.3. The van der Waals surface area contributed by atoms with Crippen LogP contribution in [-0.2, 0) is 4.79 Å². The van der Waals surface area contributed by atoms with Crippen LogP contribution >= 0.6 is 39.1 Å². The minimum Gasteiger partial charge on any atom is -0.263 e. The molecule has 1 amide bonds. The number of hydrazone groups is 1. The summed E-state index contributed by atoms with van der Waals surface area (Å²) in [6.45, 7) is 3.93. The third-order valence-electron chi connectivity index (χ3n) is 6.16. The summed E-state index contributed by atoms with van der Waals surface area (Å²) in [5, 5.41) is 7.72. The highest BCUT2D eigenvalue weighted by atomic mass is 79.9. The van der Waals surface area contributed by atoms with Crippen molar-refractivity contribution in [2.24, 2.45) is 11.0 Å². The van der Waals surface area contributed by atoms with Crippen LogP contribution in [0.4, 0.5) is 5.69 Å². The third kappa shape index (κ3) is 4.77. The maximum atomic E-state index is 13.3. The Morgan fingerprint density at radius 2 is 1.81 bits per heavy atom. The van der Waals surface area contributed by atoms with Gasteiger partial charge in [0.05, 0.1) is 23.8 Å². The predicted molar refractivity (Wildman–Crippen MR) is 130 cm³/mol. The van der Waals surface area contributed by atoms with E-state index in [-0.39, 0.29) is 17.9 Å². The lowest BCUT2D eigenvalue weighted by Gasteiger charge is -2.36. The molecule has 0 radical (unpaired) electrons. The van der Waals surface area contributed by atoms with E-state index in [0.29, 0.717) is 20.3 Å². The Morgan fingerprint density at radius 1 is 1.13 bits per heavy atom. The van der Waals surface area contributed by atoms with Gasteiger partial charge in [-0.1, -0.05) is 58.2 Å². The van der Waals surface area contributed by atoms with Crippen molar-refractivity contribution in [3.8, 4) is 0 Å². The molecule has 2 aliphatic heterocycles. The van der Waals surface area contributed by atoms with Gasteiger partial charge in [0, 0.05) is 15.4 Å². The zero-order chi connectivity index (χ0) is 22.2. The van der Waals surface area contributed by atoms with Crippen LogP contribution in [0.3, 0.4) is 0 Å². The molecule has 164 valence electrons. The Hall–Kier alpha value is -1.60. The van der Waals surface area contributed by atoms with Gasteiger partial charge in [-0.3, -0.25) is 9.80 Å². The summed E-state index contributed by atoms with van der Waals surface area (Å²) in [6, 6.07) is 13.3. The largest absolute Gasteiger partial charge is 0.312 e. The number of benzene rings is 2. The molecule has 31 heavy (non-hydrogen) atoms. The molecule has 1 N–H and O–H groups in total. The highest BCUT2D eigenvalue weighted by molar-refractivity contribution is 9.10. The summed E-state index contributed by atoms with van der Waals surface area (Å²) in [6.07, 6.45) is 3.45. The maximum Gasteiger partial charge on any atom is 0.312 e. The molecule has 4 rings (SSSR count). The number of hydrogen-bond donors (Lipinski definition) is 1. The molecule has 1 saturated heterocycles. The van der Waals surface area contributed by atoms with E-state index in [0.717, 1.165) is 41.7 Å². The molecule has 2 aromatic carbocycles. The molecule has 8 heteroatoms. The second-order valence-corrected chi connectivity index (χ2v) is 10.3. The number of amides is 1. The minimum absolute atomic E-state index is 0.119. The van der Waals surface area contributed by atoms with Gasteiger partial charge in [0.1, 0.15) is 18.8 Å². The van der Waals surface area contributed by atoms with Crippen molar-refractivity contribution in [2.45, 2.75) is 32.2 Å². The molecule has 0 aromatic heterocycles. The lowest BCUT2D eigenvalue weighted by molar-refractivity contribution is -0.947. The van der Waals surface area contributed by atoms with E-state index >= 15 is 0 Å². The first-order valence-electron chi connectivity index (χ1n) is 10.5. The average molecular weight is 525 g/mol. The van der Waals surface area contributed by atoms with Crippen molar-refractivity contribution in [2.75, 3.05) is 25.1 Å². The summed E-state index contributed by atoms with van der Waals surface area (Å²) in [5.74, 6) is -0.240. The number of likely N-dealkylation sites (tertiary alicyclic amines) is 1. The normalized spacial score (nSPS) is 22.9. The van der Waals surface area contributed by atoms with E-state index in [2.05, 4.69) is 40.5 Å². The average Bonchev–Trinajstić information content (AvgIpc) is 3.06. The molecule has 0 spiro atoms. The van der Waals surface area contributed by atoms with Gasteiger partial charge in [-0.2, -0.15) is 10.5 Å². The second-order valence-electron chi connectivity index (χ2n) is 8.56. The second kappa shape index (κ2) is 9.10. The van der Waals surface area contributed by atoms with Crippen molar-refractivity contribution in [1.29, 1.82) is 0 Å². The number of nitrogens with one attached hydrogen (secondary N) is 1. The molecular weight excluding hydrogens is 499 g/mol. The fourth-order valence-corrected chi connectivity index (χ4v) is 5.23. The molecule has 0 bridgehead atoms. The molecule has 0 unspecified atom stereocenters. The van der Waals surface area contributed by atoms with Crippen LogP contribution in [0.1, 0.15) is 37.8 Å². The van der Waals surface area contributed by atoms with Crippen molar-refractivity contribution < 1.29 is 9.39 Å². The number of halogens is 3. The number of piperidine rings is 1. The molecule has 1 fully saturated rings. The minimum atomic E-state index is -0.154. The molecule has 0 aliphatic carbocycles. The monoisotopic (exact) mass is 523 g/mol. The lowest BCUT2D eigenvalue weighted by Crippen LogP contribution is -2.61. The van der Waals surface area contributed by atoms with E-state index < -0.39 is 0 Å². The highest BCUT2D eigenvalue weighted by Crippen LogP contribution is 2.42. The number of quaternary nitrogens is 1. The van der Waals surface area contributed by atoms with Crippen LogP contribution in [0.15, 0.2) is 52.0 Å². The van der Waals surface area contributed by atoms with E-state index in [1.165, 1.54) is 6.42 Å². The number of anilines is 1. The van der Waals surface area contributed by atoms with Gasteiger partial charge in [0.25, 0.3) is 0 Å². The summed E-state index contributed by atoms with van der Waals surface area (Å²) in [7, 11) is 2.08. The molecule has 2 heterocycles. The summed E-state index contributed by atoms with van der Waals surface area (Å²) >= 11 is 16.2. The third-order valence-corrected chi connectivity index (χ3v) is 7.23. The van der Waals surface area contributed by atoms with Crippen LogP contribution in [-0.4, -0.2) is 36.3 Å². The fraction of sp³-hybridized carbons (Fsp3) is 0.391. The lowest BCUT2D eigenvalue weighted by atomic mass is 9.91. The number of carbonyl (C=O) groups excluding carboxylic acids is 1. The predicted octanol–water partition coefficient (Wildman–Crippen LogP) is 5.97. The molecule has 0 saturated carbocycles. The summed E-state index contributed by atoms with van der Waals surface area (Å²) < 4.78 is 1.55. The topological polar surface area (TPSA) is 44.7 Å². The summed E-state index contributed by atoms with van der Waals surface area (Å²) in [5.41, 5.74) is 5.53. The Bertz CT molecular complexity index is 1010. The highest BCUT2D eigenvalue weighted by Gasteiger charge is 2.42. The van der Waals surface area contributed by atoms with Crippen LogP contribution in [0.25, 0.3) is 0 Å². The van der Waals surface area contributed by atoms with E-state index in [4.69, 9.17) is 28.3 Å². The standard InChI is InChI=1S/C23H25BrCl2N4O/c1-15-21(23(31)28-30(2)12-4-3-5-13-30)27-29(20-11-10-18(25)14-19(20)26)22(15)16-6-8-17(24)9-7-16/h6-11,14-15,22H,3-5,12-13H2,1-2H3/p+1/t15-,22+/m0/s1. The van der Waals surface area contributed by atoms with Gasteiger partial charge < -0.3 is 0 Å². The van der Waals surface area contributed by atoms with Crippen LogP contribution in [0.5, 0.6) is 0 Å². The smallest absolute Gasteiger partial charge is 0.263 e. The number of carbonyl (C=O) groups is 1. The van der Waals surface area contributed by atoms with Gasteiger partial charge in [-0.05, 0) is 55.2 Å². The van der Waals surface area contributed by atoms with Crippen LogP contribution in [0.2, 0.25) is 10.0 Å². The van der Waals surface area contributed by atoms with Gasteiger partial charge in [0.2, 0.25) is 0 Å². The van der Waals surface area contributed by atoms with E-state index in [1.807, 2.05) is 30.1 Å². The summed E-state index contributed by atoms with van der Waals surface area (Å²) in [4.78, 5) is 13.3. The van der Waals surface area contributed by atoms with Gasteiger partial charge in [-0.15, -0.1) is 0 Å². The first-order chi connectivity index (χ1) is 14.8. The Morgan fingerprint density at radius 3 is 2.45 bits per heavy atom. The molecule has 2 atom stereocenters. The number of nitrogens with zero attached hydrogens (tertiary/aromatic N) is 3. The van der Waals surface area contributed by atoms with Gasteiger partial charge in [-0.25, -0.2) is 4.59 Å². The van der Waals surface area contributed by atoms with Gasteiger partial charge >= 0.3 is 5.91 Å². The van der Waals surface area contributed by atoms with E-state index in [9.17, 15) is 4.79 Å². The van der Waals surface area contributed by atoms with Crippen molar-refractivity contribution in [3.05, 3.63) is 62.5 Å². The molecule has 5 nitrogen and oxygen atoms in total. The van der Waals surface area contributed by atoms with Crippen molar-refractivity contribution in [1.82, 2.24) is 5.43 Å². The van der Waals surface area contributed by atoms with Crippen molar-refractivity contribution in [3.63, 3.8) is 0 Å². The van der Waals surface area contributed by atoms with Crippen LogP contribution < -0.4 is 10.4 Å². The fourth-order valence-electron chi connectivity index (χ4n) is 4.47. The number of hydrogen-bond acceptors (Lipinski definition) is 3. The zero-order valence-electron chi connectivity index (χ0n) is 17.6. The Balaban J connectivity index is 1.70. The van der Waals surface area contributed by atoms with Gasteiger partial charge in [0.15, 0.2) is 0 Å².